The van der Waals surface area contributed by atoms with Gasteiger partial charge < -0.3 is 4.98 Å². The van der Waals surface area contributed by atoms with Gasteiger partial charge in [-0.2, -0.15) is 0 Å². The first-order valence-corrected chi connectivity index (χ1v) is 11.3. The smallest absolute Gasteiger partial charge is 0.252 e. The Balaban J connectivity index is 1.46. The number of fused-ring (bicyclic) bond motifs is 1. The molecule has 1 N–H and O–H groups in total. The highest BCUT2D eigenvalue weighted by molar-refractivity contribution is 5.81. The molecule has 0 spiro atoms. The van der Waals surface area contributed by atoms with Crippen molar-refractivity contribution in [3.63, 3.8) is 0 Å². The lowest BCUT2D eigenvalue weighted by Crippen LogP contribution is -2.28. The second kappa shape index (κ2) is 9.04. The third kappa shape index (κ3) is 4.34. The topological polar surface area (TPSA) is 79.7 Å². The van der Waals surface area contributed by atoms with E-state index in [-0.39, 0.29) is 5.56 Å². The Kier molecular flexibility index (Phi) is 5.81. The Labute approximate surface area is 187 Å². The minimum Gasteiger partial charge on any atom is -0.321 e. The molecule has 0 atom stereocenters. The molecule has 0 radical (unpaired) electrons. The maximum atomic E-state index is 12.9. The molecule has 1 fully saturated rings. The molecular formula is C25H28N6O. The van der Waals surface area contributed by atoms with E-state index in [1.165, 1.54) is 18.4 Å². The van der Waals surface area contributed by atoms with Crippen LogP contribution in [0, 0.1) is 6.92 Å². The summed E-state index contributed by atoms with van der Waals surface area (Å²) in [5.74, 6) is 0.862. The summed E-state index contributed by atoms with van der Waals surface area (Å²) in [6.07, 6.45) is 4.70. The highest BCUT2D eigenvalue weighted by Gasteiger charge is 2.23. The summed E-state index contributed by atoms with van der Waals surface area (Å²) < 4.78 is 2.00. The van der Waals surface area contributed by atoms with Crippen molar-refractivity contribution in [1.82, 2.24) is 30.1 Å². The standard InChI is InChI=1S/C25H28N6O/c1-18-8-7-11-20-14-21(25(32)26-24(18)20)16-30(15-19-9-3-2-4-10-19)17-23-27-28-29-31(23)22-12-5-6-13-22/h2-4,7-11,14,22H,5-6,12-13,15-17H2,1H3,(H,26,32). The molecule has 4 aromatic rings. The Hall–Kier alpha value is -3.32. The van der Waals surface area contributed by atoms with E-state index in [0.717, 1.165) is 40.7 Å². The third-order valence-electron chi connectivity index (χ3n) is 6.40. The molecule has 0 unspecified atom stereocenters. The van der Waals surface area contributed by atoms with Gasteiger partial charge in [0.1, 0.15) is 0 Å². The van der Waals surface area contributed by atoms with Gasteiger partial charge in [0.15, 0.2) is 5.82 Å². The summed E-state index contributed by atoms with van der Waals surface area (Å²) >= 11 is 0. The van der Waals surface area contributed by atoms with Crippen LogP contribution in [0.4, 0.5) is 0 Å². The van der Waals surface area contributed by atoms with Gasteiger partial charge in [0.05, 0.1) is 18.1 Å². The largest absolute Gasteiger partial charge is 0.321 e. The molecule has 0 bridgehead atoms. The molecule has 0 saturated heterocycles. The zero-order chi connectivity index (χ0) is 21.9. The first-order valence-electron chi connectivity index (χ1n) is 11.3. The van der Waals surface area contributed by atoms with Crippen molar-refractivity contribution in [3.8, 4) is 0 Å². The second-order valence-corrected chi connectivity index (χ2v) is 8.77. The molecule has 2 heterocycles. The van der Waals surface area contributed by atoms with Crippen molar-refractivity contribution in [1.29, 1.82) is 0 Å². The van der Waals surface area contributed by atoms with Gasteiger partial charge in [-0.05, 0) is 52.8 Å². The number of tetrazole rings is 1. The predicted molar refractivity (Wildman–Crippen MR) is 124 cm³/mol. The molecule has 1 aliphatic rings. The Morgan fingerprint density at radius 2 is 1.84 bits per heavy atom. The van der Waals surface area contributed by atoms with Crippen molar-refractivity contribution in [2.45, 2.75) is 58.3 Å². The maximum Gasteiger partial charge on any atom is 0.252 e. The number of pyridine rings is 1. The van der Waals surface area contributed by atoms with E-state index in [0.29, 0.717) is 25.7 Å². The number of nitrogens with zero attached hydrogens (tertiary/aromatic N) is 5. The molecule has 1 saturated carbocycles. The van der Waals surface area contributed by atoms with E-state index >= 15 is 0 Å². The van der Waals surface area contributed by atoms with Crippen LogP contribution in [0.1, 0.15) is 54.2 Å². The van der Waals surface area contributed by atoms with Gasteiger partial charge in [-0.25, -0.2) is 4.68 Å². The van der Waals surface area contributed by atoms with Crippen LogP contribution in [-0.2, 0) is 19.6 Å². The fourth-order valence-corrected chi connectivity index (χ4v) is 4.75. The van der Waals surface area contributed by atoms with Crippen LogP contribution in [0.25, 0.3) is 10.9 Å². The average Bonchev–Trinajstić information content (AvgIpc) is 3.47. The molecule has 7 heteroatoms. The molecule has 164 valence electrons. The summed E-state index contributed by atoms with van der Waals surface area (Å²) in [5.41, 5.74) is 3.88. The van der Waals surface area contributed by atoms with Crippen LogP contribution in [0.15, 0.2) is 59.4 Å². The fraction of sp³-hybridized carbons (Fsp3) is 0.360. The van der Waals surface area contributed by atoms with E-state index in [1.54, 1.807) is 0 Å². The summed E-state index contributed by atoms with van der Waals surface area (Å²) in [4.78, 5) is 18.3. The van der Waals surface area contributed by atoms with E-state index < -0.39 is 0 Å². The molecule has 2 aromatic carbocycles. The molecule has 0 amide bonds. The van der Waals surface area contributed by atoms with Crippen LogP contribution in [0.5, 0.6) is 0 Å². The monoisotopic (exact) mass is 428 g/mol. The predicted octanol–water partition coefficient (Wildman–Crippen LogP) is 4.14. The van der Waals surface area contributed by atoms with E-state index in [9.17, 15) is 4.79 Å². The first-order chi connectivity index (χ1) is 15.7. The zero-order valence-corrected chi connectivity index (χ0v) is 18.4. The lowest BCUT2D eigenvalue weighted by Gasteiger charge is -2.23. The van der Waals surface area contributed by atoms with Gasteiger partial charge in [0.2, 0.25) is 0 Å². The van der Waals surface area contributed by atoms with Crippen LogP contribution < -0.4 is 5.56 Å². The summed E-state index contributed by atoms with van der Waals surface area (Å²) in [6, 6.07) is 18.8. The highest BCUT2D eigenvalue weighted by Crippen LogP contribution is 2.29. The van der Waals surface area contributed by atoms with E-state index in [4.69, 9.17) is 0 Å². The lowest BCUT2D eigenvalue weighted by molar-refractivity contribution is 0.231. The Morgan fingerprint density at radius 3 is 2.66 bits per heavy atom. The number of para-hydroxylation sites is 1. The zero-order valence-electron chi connectivity index (χ0n) is 18.4. The molecule has 5 rings (SSSR count). The summed E-state index contributed by atoms with van der Waals surface area (Å²) in [6.45, 7) is 3.83. The molecule has 32 heavy (non-hydrogen) atoms. The number of rotatable bonds is 7. The van der Waals surface area contributed by atoms with Crippen molar-refractivity contribution in [2.24, 2.45) is 0 Å². The highest BCUT2D eigenvalue weighted by atomic mass is 16.1. The first kappa shape index (κ1) is 20.6. The number of aryl methyl sites for hydroxylation is 1. The Morgan fingerprint density at radius 1 is 1.03 bits per heavy atom. The quantitative estimate of drug-likeness (QED) is 0.479. The number of H-pyrrole nitrogens is 1. The molecule has 0 aliphatic heterocycles. The van der Waals surface area contributed by atoms with Gasteiger partial charge in [0.25, 0.3) is 5.56 Å². The van der Waals surface area contributed by atoms with Gasteiger partial charge in [-0.3, -0.25) is 9.69 Å². The molecular weight excluding hydrogens is 400 g/mol. The van der Waals surface area contributed by atoms with Crippen molar-refractivity contribution in [3.05, 3.63) is 87.5 Å². The van der Waals surface area contributed by atoms with Crippen LogP contribution in [-0.4, -0.2) is 30.1 Å². The minimum atomic E-state index is -0.0414. The second-order valence-electron chi connectivity index (χ2n) is 8.77. The maximum absolute atomic E-state index is 12.9. The van der Waals surface area contributed by atoms with Gasteiger partial charge in [-0.1, -0.05) is 61.4 Å². The van der Waals surface area contributed by atoms with Gasteiger partial charge in [-0.15, -0.1) is 5.10 Å². The van der Waals surface area contributed by atoms with Crippen molar-refractivity contribution < 1.29 is 0 Å². The van der Waals surface area contributed by atoms with Crippen LogP contribution in [0.2, 0.25) is 0 Å². The molecule has 1 aliphatic carbocycles. The van der Waals surface area contributed by atoms with Gasteiger partial charge >= 0.3 is 0 Å². The number of benzene rings is 2. The average molecular weight is 429 g/mol. The number of aromatic amines is 1. The van der Waals surface area contributed by atoms with Gasteiger partial charge in [0, 0.05) is 18.7 Å². The van der Waals surface area contributed by atoms with Crippen molar-refractivity contribution in [2.75, 3.05) is 0 Å². The number of hydrogen-bond donors (Lipinski definition) is 1. The summed E-state index contributed by atoms with van der Waals surface area (Å²) in [7, 11) is 0. The molecule has 7 nitrogen and oxygen atoms in total. The van der Waals surface area contributed by atoms with E-state index in [2.05, 4.69) is 37.5 Å². The molecule has 2 aromatic heterocycles. The number of hydrogen-bond acceptors (Lipinski definition) is 5. The number of aromatic nitrogens is 5. The fourth-order valence-electron chi connectivity index (χ4n) is 4.75. The van der Waals surface area contributed by atoms with E-state index in [1.807, 2.05) is 54.1 Å². The van der Waals surface area contributed by atoms with Crippen LogP contribution >= 0.6 is 0 Å². The summed E-state index contributed by atoms with van der Waals surface area (Å²) in [5, 5.41) is 13.7. The lowest BCUT2D eigenvalue weighted by atomic mass is 10.1. The third-order valence-corrected chi connectivity index (χ3v) is 6.40. The normalized spacial score (nSPS) is 14.6. The van der Waals surface area contributed by atoms with Crippen molar-refractivity contribution >= 4 is 10.9 Å². The number of nitrogens with one attached hydrogen (secondary N) is 1. The van der Waals surface area contributed by atoms with Crippen LogP contribution in [0.3, 0.4) is 0 Å². The minimum absolute atomic E-state index is 0.0414. The SMILES string of the molecule is Cc1cccc2cc(CN(Cc3ccccc3)Cc3nnnn3C3CCCC3)c(=O)[nH]c12. The Bertz CT molecular complexity index is 1260.